The predicted molar refractivity (Wildman–Crippen MR) is 79.1 cm³/mol. The first-order valence-electron chi connectivity index (χ1n) is 7.41. The van der Waals surface area contributed by atoms with Crippen LogP contribution in [0.4, 0.5) is 0 Å². The van der Waals surface area contributed by atoms with E-state index in [1.807, 2.05) is 18.2 Å². The van der Waals surface area contributed by atoms with Crippen LogP contribution in [0.5, 0.6) is 5.75 Å². The second-order valence-corrected chi connectivity index (χ2v) is 5.66. The van der Waals surface area contributed by atoms with Gasteiger partial charge in [0.05, 0.1) is 0 Å². The Kier molecular flexibility index (Phi) is 4.83. The van der Waals surface area contributed by atoms with Gasteiger partial charge >= 0.3 is 0 Å². The second-order valence-electron chi connectivity index (χ2n) is 5.66. The van der Waals surface area contributed by atoms with Crippen LogP contribution in [-0.4, -0.2) is 29.1 Å². The number of para-hydroxylation sites is 1. The lowest BCUT2D eigenvalue weighted by molar-refractivity contribution is 0.0762. The van der Waals surface area contributed by atoms with Crippen molar-refractivity contribution in [1.29, 1.82) is 0 Å². The van der Waals surface area contributed by atoms with Crippen molar-refractivity contribution in [2.75, 3.05) is 13.1 Å². The smallest absolute Gasteiger partial charge is 0.120 e. The Labute approximate surface area is 116 Å². The Morgan fingerprint density at radius 2 is 2.16 bits per heavy atom. The number of phenolic OH excluding ortho intramolecular Hbond substituents is 1. The Morgan fingerprint density at radius 1 is 1.42 bits per heavy atom. The van der Waals surface area contributed by atoms with Crippen LogP contribution in [0.25, 0.3) is 0 Å². The van der Waals surface area contributed by atoms with Crippen molar-refractivity contribution in [3.05, 3.63) is 29.8 Å². The minimum absolute atomic E-state index is 0.229. The number of nitrogens with zero attached hydrogens (tertiary/aromatic N) is 1. The monoisotopic (exact) mass is 262 g/mol. The lowest BCUT2D eigenvalue weighted by Gasteiger charge is -2.42. The molecule has 0 saturated carbocycles. The van der Waals surface area contributed by atoms with Gasteiger partial charge in [0.1, 0.15) is 5.75 Å². The van der Waals surface area contributed by atoms with Crippen LogP contribution in [0, 0.1) is 5.92 Å². The maximum absolute atomic E-state index is 10.0. The first-order valence-corrected chi connectivity index (χ1v) is 7.41. The Hall–Kier alpha value is -1.06. The van der Waals surface area contributed by atoms with Crippen molar-refractivity contribution in [2.24, 2.45) is 11.7 Å². The zero-order valence-corrected chi connectivity index (χ0v) is 12.0. The average Bonchev–Trinajstić information content (AvgIpc) is 2.46. The third-order valence-corrected chi connectivity index (χ3v) is 4.60. The van der Waals surface area contributed by atoms with E-state index in [0.717, 1.165) is 18.0 Å². The number of likely N-dealkylation sites (tertiary alicyclic amines) is 1. The Bertz CT molecular complexity index is 407. The van der Waals surface area contributed by atoms with Gasteiger partial charge in [0, 0.05) is 24.2 Å². The van der Waals surface area contributed by atoms with E-state index in [-0.39, 0.29) is 6.04 Å². The fourth-order valence-corrected chi connectivity index (χ4v) is 3.28. The average molecular weight is 262 g/mol. The van der Waals surface area contributed by atoms with Crippen molar-refractivity contribution in [1.82, 2.24) is 4.90 Å². The van der Waals surface area contributed by atoms with E-state index < -0.39 is 0 Å². The van der Waals surface area contributed by atoms with Crippen molar-refractivity contribution in [2.45, 2.75) is 45.2 Å². The maximum Gasteiger partial charge on any atom is 0.120 e. The summed E-state index contributed by atoms with van der Waals surface area (Å²) in [6.45, 7) is 6.22. The number of piperidine rings is 1. The topological polar surface area (TPSA) is 49.5 Å². The highest BCUT2D eigenvalue weighted by molar-refractivity contribution is 5.34. The molecule has 3 heteroatoms. The molecule has 1 aromatic carbocycles. The van der Waals surface area contributed by atoms with E-state index in [1.165, 1.54) is 19.3 Å². The van der Waals surface area contributed by atoms with Crippen LogP contribution in [-0.2, 0) is 0 Å². The lowest BCUT2D eigenvalue weighted by Crippen LogP contribution is -2.47. The molecular weight excluding hydrogens is 236 g/mol. The Balaban J connectivity index is 2.14. The molecule has 0 aliphatic carbocycles. The van der Waals surface area contributed by atoms with E-state index in [1.54, 1.807) is 6.07 Å². The molecule has 0 aromatic heterocycles. The Morgan fingerprint density at radius 3 is 2.79 bits per heavy atom. The van der Waals surface area contributed by atoms with E-state index in [0.29, 0.717) is 18.3 Å². The molecule has 0 amide bonds. The summed E-state index contributed by atoms with van der Waals surface area (Å²) in [7, 11) is 0. The van der Waals surface area contributed by atoms with Crippen molar-refractivity contribution in [3.63, 3.8) is 0 Å². The van der Waals surface area contributed by atoms with Gasteiger partial charge < -0.3 is 10.8 Å². The molecule has 1 aliphatic rings. The maximum atomic E-state index is 10.0. The number of hydrogen-bond acceptors (Lipinski definition) is 3. The molecule has 106 valence electrons. The molecule has 0 radical (unpaired) electrons. The largest absolute Gasteiger partial charge is 0.508 e. The molecule has 19 heavy (non-hydrogen) atoms. The number of phenols is 1. The van der Waals surface area contributed by atoms with Crippen LogP contribution in [0.3, 0.4) is 0 Å². The number of hydrogen-bond donors (Lipinski definition) is 2. The van der Waals surface area contributed by atoms with Crippen LogP contribution in [0.15, 0.2) is 24.3 Å². The van der Waals surface area contributed by atoms with E-state index >= 15 is 0 Å². The zero-order chi connectivity index (χ0) is 13.8. The number of nitrogens with two attached hydrogens (primary N) is 1. The first-order chi connectivity index (χ1) is 9.17. The molecule has 1 saturated heterocycles. The third kappa shape index (κ3) is 3.10. The fraction of sp³-hybridized carbons (Fsp3) is 0.625. The molecule has 1 heterocycles. The van der Waals surface area contributed by atoms with Crippen LogP contribution in [0.2, 0.25) is 0 Å². The summed E-state index contributed by atoms with van der Waals surface area (Å²) < 4.78 is 0. The standard InChI is InChI=1S/C16H26N2O/c1-3-13-8-9-18(14(10-13)11-17)12(2)15-6-4-5-7-16(15)19/h4-7,12-14,19H,3,8-11,17H2,1-2H3. The molecule has 1 fully saturated rings. The summed E-state index contributed by atoms with van der Waals surface area (Å²) in [6.07, 6.45) is 3.67. The van der Waals surface area contributed by atoms with Gasteiger partial charge in [-0.1, -0.05) is 31.5 Å². The summed E-state index contributed by atoms with van der Waals surface area (Å²) in [5, 5.41) is 10.0. The van der Waals surface area contributed by atoms with Gasteiger partial charge in [0.25, 0.3) is 0 Å². The minimum atomic E-state index is 0.229. The molecule has 1 aliphatic heterocycles. The van der Waals surface area contributed by atoms with Gasteiger partial charge in [-0.25, -0.2) is 0 Å². The third-order valence-electron chi connectivity index (χ3n) is 4.60. The van der Waals surface area contributed by atoms with Crippen LogP contribution >= 0.6 is 0 Å². The van der Waals surface area contributed by atoms with Gasteiger partial charge in [0.2, 0.25) is 0 Å². The van der Waals surface area contributed by atoms with E-state index in [4.69, 9.17) is 5.73 Å². The SMILES string of the molecule is CCC1CCN(C(C)c2ccccc2O)C(CN)C1. The molecule has 3 nitrogen and oxygen atoms in total. The molecule has 0 spiro atoms. The summed E-state index contributed by atoms with van der Waals surface area (Å²) in [5.74, 6) is 1.20. The van der Waals surface area contributed by atoms with Gasteiger partial charge in [0.15, 0.2) is 0 Å². The number of rotatable bonds is 4. The van der Waals surface area contributed by atoms with Crippen molar-refractivity contribution >= 4 is 0 Å². The zero-order valence-electron chi connectivity index (χ0n) is 12.0. The summed E-state index contributed by atoms with van der Waals surface area (Å²) in [4.78, 5) is 2.46. The molecular formula is C16H26N2O. The highest BCUT2D eigenvalue weighted by Gasteiger charge is 2.31. The molecule has 2 rings (SSSR count). The van der Waals surface area contributed by atoms with Crippen LogP contribution < -0.4 is 5.73 Å². The predicted octanol–water partition coefficient (Wildman–Crippen LogP) is 2.90. The number of benzene rings is 1. The number of aromatic hydroxyl groups is 1. The quantitative estimate of drug-likeness (QED) is 0.877. The highest BCUT2D eigenvalue weighted by Crippen LogP contribution is 2.34. The van der Waals surface area contributed by atoms with Gasteiger partial charge in [-0.2, -0.15) is 0 Å². The molecule has 1 aromatic rings. The van der Waals surface area contributed by atoms with E-state index in [9.17, 15) is 5.11 Å². The summed E-state index contributed by atoms with van der Waals surface area (Å²) in [5.41, 5.74) is 6.97. The van der Waals surface area contributed by atoms with E-state index in [2.05, 4.69) is 18.7 Å². The van der Waals surface area contributed by atoms with Gasteiger partial charge in [-0.15, -0.1) is 0 Å². The lowest BCUT2D eigenvalue weighted by atomic mass is 9.87. The van der Waals surface area contributed by atoms with Crippen molar-refractivity contribution < 1.29 is 5.11 Å². The molecule has 3 N–H and O–H groups in total. The summed E-state index contributed by atoms with van der Waals surface area (Å²) in [6, 6.07) is 8.31. The normalized spacial score (nSPS) is 26.3. The van der Waals surface area contributed by atoms with Gasteiger partial charge in [-0.3, -0.25) is 4.90 Å². The minimum Gasteiger partial charge on any atom is -0.508 e. The molecule has 0 bridgehead atoms. The molecule has 3 unspecified atom stereocenters. The fourth-order valence-electron chi connectivity index (χ4n) is 3.28. The second kappa shape index (κ2) is 6.40. The van der Waals surface area contributed by atoms with Crippen LogP contribution in [0.1, 0.15) is 44.7 Å². The summed E-state index contributed by atoms with van der Waals surface area (Å²) >= 11 is 0. The molecule has 3 atom stereocenters. The highest BCUT2D eigenvalue weighted by atomic mass is 16.3. The first kappa shape index (κ1) is 14.4. The van der Waals surface area contributed by atoms with Gasteiger partial charge in [-0.05, 0) is 38.3 Å². The van der Waals surface area contributed by atoms with Crippen molar-refractivity contribution in [3.8, 4) is 5.75 Å².